The summed E-state index contributed by atoms with van der Waals surface area (Å²) in [7, 11) is 0. The third-order valence-corrected chi connectivity index (χ3v) is 4.19. The van der Waals surface area contributed by atoms with Crippen LogP contribution in [0.25, 0.3) is 0 Å². The Bertz CT molecular complexity index is 377. The molecule has 2 saturated carbocycles. The molecular weight excluding hydrogens is 212 g/mol. The van der Waals surface area contributed by atoms with Crippen LogP contribution in [0.5, 0.6) is 0 Å². The molecule has 3 rings (SSSR count). The molecule has 1 heterocycles. The first-order valence-corrected chi connectivity index (χ1v) is 6.74. The fourth-order valence-electron chi connectivity index (χ4n) is 2.79. The highest BCUT2D eigenvalue weighted by Crippen LogP contribution is 2.60. The van der Waals surface area contributed by atoms with Crippen molar-refractivity contribution in [1.29, 1.82) is 0 Å². The van der Waals surface area contributed by atoms with Crippen LogP contribution in [-0.2, 0) is 13.1 Å². The zero-order valence-corrected chi connectivity index (χ0v) is 10.4. The largest absolute Gasteiger partial charge is 0.336 e. The van der Waals surface area contributed by atoms with Gasteiger partial charge in [-0.25, -0.2) is 4.98 Å². The Morgan fingerprint density at radius 1 is 1.47 bits per heavy atom. The highest BCUT2D eigenvalue weighted by molar-refractivity contribution is 5.05. The minimum Gasteiger partial charge on any atom is -0.336 e. The van der Waals surface area contributed by atoms with Gasteiger partial charge < -0.3 is 15.6 Å². The predicted octanol–water partition coefficient (Wildman–Crippen LogP) is 1.12. The molecule has 0 saturated heterocycles. The van der Waals surface area contributed by atoms with Gasteiger partial charge in [-0.1, -0.05) is 0 Å². The molecule has 1 aromatic heterocycles. The predicted molar refractivity (Wildman–Crippen MR) is 67.4 cm³/mol. The summed E-state index contributed by atoms with van der Waals surface area (Å²) in [5.74, 6) is 1.03. The second-order valence-corrected chi connectivity index (χ2v) is 5.63. The molecule has 0 aliphatic heterocycles. The second kappa shape index (κ2) is 4.42. The molecule has 2 fully saturated rings. The summed E-state index contributed by atoms with van der Waals surface area (Å²) in [5.41, 5.74) is 7.32. The quantitative estimate of drug-likeness (QED) is 0.743. The Balaban J connectivity index is 1.44. The van der Waals surface area contributed by atoms with Gasteiger partial charge in [0.2, 0.25) is 0 Å². The van der Waals surface area contributed by atoms with Gasteiger partial charge in [0.05, 0.1) is 12.0 Å². The lowest BCUT2D eigenvalue weighted by Crippen LogP contribution is -2.25. The van der Waals surface area contributed by atoms with Gasteiger partial charge >= 0.3 is 0 Å². The van der Waals surface area contributed by atoms with Crippen LogP contribution < -0.4 is 11.1 Å². The molecule has 2 aliphatic carbocycles. The lowest BCUT2D eigenvalue weighted by molar-refractivity contribution is 0.402. The van der Waals surface area contributed by atoms with E-state index in [1.807, 2.05) is 6.33 Å². The molecular formula is C13H22N4. The number of hydrogen-bond acceptors (Lipinski definition) is 3. The van der Waals surface area contributed by atoms with Crippen molar-refractivity contribution >= 4 is 0 Å². The van der Waals surface area contributed by atoms with Crippen molar-refractivity contribution < 1.29 is 0 Å². The van der Waals surface area contributed by atoms with Crippen LogP contribution in [0.3, 0.4) is 0 Å². The van der Waals surface area contributed by atoms with E-state index in [0.717, 1.165) is 24.7 Å². The van der Waals surface area contributed by atoms with Crippen LogP contribution in [0.2, 0.25) is 0 Å². The zero-order valence-electron chi connectivity index (χ0n) is 10.4. The molecule has 0 unspecified atom stereocenters. The Morgan fingerprint density at radius 3 is 2.94 bits per heavy atom. The minimum absolute atomic E-state index is 0.675. The van der Waals surface area contributed by atoms with Gasteiger partial charge in [-0.2, -0.15) is 0 Å². The number of nitrogens with one attached hydrogen (secondary N) is 1. The lowest BCUT2D eigenvalue weighted by Gasteiger charge is -2.14. The van der Waals surface area contributed by atoms with Crippen molar-refractivity contribution in [1.82, 2.24) is 14.9 Å². The van der Waals surface area contributed by atoms with E-state index in [2.05, 4.69) is 21.1 Å². The van der Waals surface area contributed by atoms with Crippen LogP contribution in [0.4, 0.5) is 0 Å². The number of nitrogens with two attached hydrogens (primary N) is 1. The molecule has 0 aromatic carbocycles. The van der Waals surface area contributed by atoms with Crippen LogP contribution in [0, 0.1) is 11.3 Å². The summed E-state index contributed by atoms with van der Waals surface area (Å²) in [6.07, 6.45) is 9.77. The van der Waals surface area contributed by atoms with Gasteiger partial charge in [-0.05, 0) is 37.0 Å². The van der Waals surface area contributed by atoms with E-state index in [9.17, 15) is 0 Å². The molecule has 17 heavy (non-hydrogen) atoms. The van der Waals surface area contributed by atoms with Gasteiger partial charge in [-0.15, -0.1) is 0 Å². The number of aromatic nitrogens is 2. The topological polar surface area (TPSA) is 55.9 Å². The van der Waals surface area contributed by atoms with Crippen LogP contribution >= 0.6 is 0 Å². The average Bonchev–Trinajstić information content (AvgIpc) is 3.20. The third-order valence-electron chi connectivity index (χ3n) is 4.19. The molecule has 3 N–H and O–H groups in total. The lowest BCUT2D eigenvalue weighted by atomic mass is 10.0. The van der Waals surface area contributed by atoms with Crippen LogP contribution in [0.15, 0.2) is 12.5 Å². The SMILES string of the molecule is NCCn1cnc(CNCC2(C3CC3)CC2)c1. The van der Waals surface area contributed by atoms with E-state index in [0.29, 0.717) is 12.0 Å². The smallest absolute Gasteiger partial charge is 0.0950 e. The first kappa shape index (κ1) is 11.2. The fraction of sp³-hybridized carbons (Fsp3) is 0.769. The third kappa shape index (κ3) is 2.53. The van der Waals surface area contributed by atoms with Gasteiger partial charge in [0, 0.05) is 32.4 Å². The molecule has 2 aliphatic rings. The Labute approximate surface area is 103 Å². The molecule has 0 atom stereocenters. The maximum atomic E-state index is 5.51. The summed E-state index contributed by atoms with van der Waals surface area (Å²) >= 11 is 0. The maximum absolute atomic E-state index is 5.51. The van der Waals surface area contributed by atoms with Gasteiger partial charge in [0.1, 0.15) is 0 Å². The van der Waals surface area contributed by atoms with E-state index >= 15 is 0 Å². The zero-order chi connectivity index (χ0) is 11.7. The Kier molecular flexibility index (Phi) is 2.92. The van der Waals surface area contributed by atoms with Crippen LogP contribution in [0.1, 0.15) is 31.4 Å². The summed E-state index contributed by atoms with van der Waals surface area (Å²) < 4.78 is 2.06. The molecule has 94 valence electrons. The second-order valence-electron chi connectivity index (χ2n) is 5.63. The van der Waals surface area contributed by atoms with Crippen molar-refractivity contribution in [2.45, 2.75) is 38.8 Å². The van der Waals surface area contributed by atoms with E-state index in [4.69, 9.17) is 5.73 Å². The van der Waals surface area contributed by atoms with E-state index in [1.165, 1.54) is 32.2 Å². The molecule has 0 amide bonds. The number of imidazole rings is 1. The number of hydrogen-bond donors (Lipinski definition) is 2. The number of rotatable bonds is 7. The van der Waals surface area contributed by atoms with E-state index in [1.54, 1.807) is 0 Å². The summed E-state index contributed by atoms with van der Waals surface area (Å²) in [5, 5.41) is 3.57. The molecule has 0 radical (unpaired) electrons. The fourth-order valence-corrected chi connectivity index (χ4v) is 2.79. The Hall–Kier alpha value is -0.870. The highest BCUT2D eigenvalue weighted by atomic mass is 15.1. The monoisotopic (exact) mass is 234 g/mol. The first-order valence-electron chi connectivity index (χ1n) is 6.74. The van der Waals surface area contributed by atoms with Crippen molar-refractivity contribution in [3.05, 3.63) is 18.2 Å². The summed E-state index contributed by atoms with van der Waals surface area (Å²) in [6.45, 7) is 3.61. The van der Waals surface area contributed by atoms with Crippen molar-refractivity contribution in [3.63, 3.8) is 0 Å². The van der Waals surface area contributed by atoms with Crippen molar-refractivity contribution in [2.24, 2.45) is 17.1 Å². The molecule has 0 bridgehead atoms. The number of nitrogens with zero attached hydrogens (tertiary/aromatic N) is 2. The maximum Gasteiger partial charge on any atom is 0.0950 e. The molecule has 1 aromatic rings. The van der Waals surface area contributed by atoms with Crippen molar-refractivity contribution in [3.8, 4) is 0 Å². The van der Waals surface area contributed by atoms with Crippen LogP contribution in [-0.4, -0.2) is 22.6 Å². The van der Waals surface area contributed by atoms with Gasteiger partial charge in [0.15, 0.2) is 0 Å². The van der Waals surface area contributed by atoms with E-state index < -0.39 is 0 Å². The van der Waals surface area contributed by atoms with Gasteiger partial charge in [-0.3, -0.25) is 0 Å². The first-order chi connectivity index (χ1) is 8.32. The molecule has 4 nitrogen and oxygen atoms in total. The van der Waals surface area contributed by atoms with Crippen molar-refractivity contribution in [2.75, 3.05) is 13.1 Å². The average molecular weight is 234 g/mol. The standard InChI is InChI=1S/C13H22N4/c14-5-6-17-8-12(16-10-17)7-15-9-13(3-4-13)11-1-2-11/h8,10-11,15H,1-7,9,14H2. The highest BCUT2D eigenvalue weighted by Gasteiger charge is 2.53. The molecule has 4 heteroatoms. The van der Waals surface area contributed by atoms with Gasteiger partial charge in [0.25, 0.3) is 0 Å². The molecule has 0 spiro atoms. The summed E-state index contributed by atoms with van der Waals surface area (Å²) in [4.78, 5) is 4.38. The normalized spacial score (nSPS) is 21.7. The minimum atomic E-state index is 0.675. The van der Waals surface area contributed by atoms with E-state index in [-0.39, 0.29) is 0 Å². The Morgan fingerprint density at radius 2 is 2.29 bits per heavy atom. The summed E-state index contributed by atoms with van der Waals surface area (Å²) in [6, 6.07) is 0.